The number of pyridine rings is 1. The Morgan fingerprint density at radius 2 is 1.69 bits per heavy atom. The van der Waals surface area contributed by atoms with Gasteiger partial charge in [0.15, 0.2) is 11.3 Å². The molecule has 10 heteroatoms. The molecule has 0 spiro atoms. The highest BCUT2D eigenvalue weighted by molar-refractivity contribution is 7.14. The van der Waals surface area contributed by atoms with E-state index < -0.39 is 24.0 Å². The molecule has 3 aromatic rings. The van der Waals surface area contributed by atoms with Crippen LogP contribution in [0, 0.1) is 17.8 Å². The van der Waals surface area contributed by atoms with E-state index in [9.17, 15) is 23.9 Å². The minimum absolute atomic E-state index is 0.0983. The maximum absolute atomic E-state index is 14.0. The number of nitrogens with zero attached hydrogens (tertiary/aromatic N) is 4. The van der Waals surface area contributed by atoms with Crippen LogP contribution in [0.4, 0.5) is 15.3 Å². The van der Waals surface area contributed by atoms with E-state index in [-0.39, 0.29) is 24.7 Å². The minimum atomic E-state index is -1.47. The summed E-state index contributed by atoms with van der Waals surface area (Å²) in [5.41, 5.74) is 3.33. The largest absolute Gasteiger partial charge is 0.481 e. The third kappa shape index (κ3) is 5.69. The van der Waals surface area contributed by atoms with Crippen molar-refractivity contribution < 1.29 is 23.9 Å². The fourth-order valence-electron chi connectivity index (χ4n) is 6.96. The van der Waals surface area contributed by atoms with Crippen LogP contribution >= 0.6 is 11.3 Å². The van der Waals surface area contributed by atoms with Gasteiger partial charge in [-0.15, -0.1) is 11.3 Å². The number of carbonyl (C=O) groups excluding carboxylic acids is 2. The zero-order valence-electron chi connectivity index (χ0n) is 23.5. The summed E-state index contributed by atoms with van der Waals surface area (Å²) in [6.45, 7) is 0.843. The number of carbonyl (C=O) groups is 3. The zero-order chi connectivity index (χ0) is 29.2. The number of hydrogen-bond acceptors (Lipinski definition) is 6. The molecule has 2 saturated heterocycles. The third-order valence-electron chi connectivity index (χ3n) is 9.07. The topological polar surface area (TPSA) is 104 Å². The Labute approximate surface area is 248 Å². The molecule has 1 aromatic carbocycles. The first-order valence-electron chi connectivity index (χ1n) is 14.9. The summed E-state index contributed by atoms with van der Waals surface area (Å²) in [5.74, 6) is -1.19. The van der Waals surface area contributed by atoms with E-state index in [0.29, 0.717) is 30.0 Å². The van der Waals surface area contributed by atoms with Crippen LogP contribution in [0.15, 0.2) is 48.0 Å². The van der Waals surface area contributed by atoms with E-state index in [1.807, 2.05) is 35.7 Å². The molecule has 6 rings (SSSR count). The lowest BCUT2D eigenvalue weighted by molar-refractivity contribution is -0.142. The average molecular weight is 591 g/mol. The van der Waals surface area contributed by atoms with Gasteiger partial charge in [0, 0.05) is 42.2 Å². The molecular weight excluding hydrogens is 555 g/mol. The summed E-state index contributed by atoms with van der Waals surface area (Å²) in [6.07, 6.45) is 7.44. The van der Waals surface area contributed by atoms with E-state index >= 15 is 0 Å². The van der Waals surface area contributed by atoms with Crippen LogP contribution in [0.2, 0.25) is 0 Å². The number of carboxylic acids is 1. The number of aliphatic carboxylic acids is 1. The van der Waals surface area contributed by atoms with Crippen molar-refractivity contribution in [2.75, 3.05) is 22.9 Å². The molecule has 8 nitrogen and oxygen atoms in total. The van der Waals surface area contributed by atoms with Gasteiger partial charge in [-0.3, -0.25) is 24.2 Å². The molecule has 3 fully saturated rings. The lowest BCUT2D eigenvalue weighted by Crippen LogP contribution is -2.44. The number of carboxylic acid groups (broad SMARTS) is 1. The number of anilines is 2. The van der Waals surface area contributed by atoms with Crippen LogP contribution in [0.1, 0.15) is 57.8 Å². The van der Waals surface area contributed by atoms with Gasteiger partial charge >= 0.3 is 5.97 Å². The van der Waals surface area contributed by atoms with Crippen LogP contribution in [0.3, 0.4) is 0 Å². The van der Waals surface area contributed by atoms with Crippen molar-refractivity contribution in [2.45, 2.75) is 64.0 Å². The molecule has 0 unspecified atom stereocenters. The van der Waals surface area contributed by atoms with Crippen molar-refractivity contribution >= 4 is 40.1 Å². The highest BCUT2D eigenvalue weighted by atomic mass is 32.1. The van der Waals surface area contributed by atoms with E-state index in [1.165, 1.54) is 16.2 Å². The lowest BCUT2D eigenvalue weighted by Gasteiger charge is -2.35. The number of thiazole rings is 1. The standard InChI is InChI=1S/C32H35FN4O4S/c33-26-14-16-36(31(26)41)28-13-12-21(18-34-28)23-9-3-4-11-24(23)27-19-42-32(35-27)37-15-6-5-10-22(20-7-1-2-8-20)25(30(37)40)17-29(38)39/h3-4,9,11-13,18-20,22,25-26H,1-2,5-8,10,14-17H2,(H,38,39)/t22-,25-,26-/m0/s1. The minimum Gasteiger partial charge on any atom is -0.481 e. The Balaban J connectivity index is 1.27. The number of halogens is 1. The first-order chi connectivity index (χ1) is 20.4. The third-order valence-corrected chi connectivity index (χ3v) is 9.93. The highest BCUT2D eigenvalue weighted by Gasteiger charge is 2.40. The van der Waals surface area contributed by atoms with Crippen LogP contribution in [0.5, 0.6) is 0 Å². The maximum Gasteiger partial charge on any atom is 0.304 e. The fourth-order valence-corrected chi connectivity index (χ4v) is 7.82. The summed E-state index contributed by atoms with van der Waals surface area (Å²) in [4.78, 5) is 50.4. The fraction of sp³-hybridized carbons (Fsp3) is 0.469. The van der Waals surface area contributed by atoms with Gasteiger partial charge < -0.3 is 5.11 Å². The molecule has 2 aromatic heterocycles. The lowest BCUT2D eigenvalue weighted by atomic mass is 9.74. The van der Waals surface area contributed by atoms with Gasteiger partial charge in [-0.05, 0) is 42.4 Å². The molecule has 2 amide bonds. The first kappa shape index (κ1) is 28.5. The molecule has 1 saturated carbocycles. The number of rotatable bonds is 7. The first-order valence-corrected chi connectivity index (χ1v) is 15.8. The molecule has 42 heavy (non-hydrogen) atoms. The van der Waals surface area contributed by atoms with Crippen molar-refractivity contribution in [1.82, 2.24) is 9.97 Å². The Morgan fingerprint density at radius 3 is 2.38 bits per heavy atom. The van der Waals surface area contributed by atoms with Gasteiger partial charge in [-0.1, -0.05) is 56.4 Å². The SMILES string of the molecule is O=C(O)C[C@@H]1C(=O)N(c2nc(-c3ccccc3-c3ccc(N4CC[C@H](F)C4=O)nc3)cs2)CCCC[C@H]1C1CCCC1. The van der Waals surface area contributed by atoms with Crippen molar-refractivity contribution in [3.05, 3.63) is 48.0 Å². The van der Waals surface area contributed by atoms with Gasteiger partial charge in [0.2, 0.25) is 5.91 Å². The van der Waals surface area contributed by atoms with Crippen LogP contribution < -0.4 is 9.80 Å². The van der Waals surface area contributed by atoms with E-state index in [2.05, 4.69) is 4.98 Å². The molecule has 4 heterocycles. The smallest absolute Gasteiger partial charge is 0.304 e. The summed E-state index contributed by atoms with van der Waals surface area (Å²) in [5, 5.41) is 12.3. The van der Waals surface area contributed by atoms with Crippen LogP contribution in [0.25, 0.3) is 22.4 Å². The quantitative estimate of drug-likeness (QED) is 0.343. The van der Waals surface area contributed by atoms with Crippen molar-refractivity contribution in [2.24, 2.45) is 17.8 Å². The molecule has 220 valence electrons. The van der Waals surface area contributed by atoms with Gasteiger partial charge in [0.05, 0.1) is 18.0 Å². The molecule has 3 aliphatic rings. The Kier molecular flexibility index (Phi) is 8.33. The Bertz CT molecular complexity index is 1450. The van der Waals surface area contributed by atoms with Crippen LogP contribution in [-0.2, 0) is 14.4 Å². The summed E-state index contributed by atoms with van der Waals surface area (Å²) in [7, 11) is 0. The molecule has 1 N–H and O–H groups in total. The number of amides is 2. The number of benzene rings is 1. The van der Waals surface area contributed by atoms with Crippen molar-refractivity contribution in [1.29, 1.82) is 0 Å². The second kappa shape index (κ2) is 12.3. The normalized spacial score (nSPS) is 23.8. The Morgan fingerprint density at radius 1 is 0.929 bits per heavy atom. The molecule has 0 bridgehead atoms. The number of hydrogen-bond donors (Lipinski definition) is 1. The molecular formula is C32H35FN4O4S. The summed E-state index contributed by atoms with van der Waals surface area (Å²) < 4.78 is 13.7. The van der Waals surface area contributed by atoms with Gasteiger partial charge in [-0.25, -0.2) is 14.4 Å². The van der Waals surface area contributed by atoms with Crippen molar-refractivity contribution in [3.8, 4) is 22.4 Å². The summed E-state index contributed by atoms with van der Waals surface area (Å²) in [6, 6.07) is 11.4. The van der Waals surface area contributed by atoms with E-state index in [0.717, 1.165) is 67.3 Å². The number of aromatic nitrogens is 2. The second-order valence-electron chi connectivity index (χ2n) is 11.6. The molecule has 1 aliphatic carbocycles. The van der Waals surface area contributed by atoms with Gasteiger partial charge in [-0.2, -0.15) is 0 Å². The molecule has 3 atom stereocenters. The molecule has 2 aliphatic heterocycles. The van der Waals surface area contributed by atoms with Crippen LogP contribution in [-0.4, -0.2) is 52.1 Å². The average Bonchev–Trinajstić information content (AvgIpc) is 3.76. The zero-order valence-corrected chi connectivity index (χ0v) is 24.3. The van der Waals surface area contributed by atoms with Gasteiger partial charge in [0.25, 0.3) is 5.91 Å². The summed E-state index contributed by atoms with van der Waals surface area (Å²) >= 11 is 1.40. The van der Waals surface area contributed by atoms with E-state index in [1.54, 1.807) is 17.2 Å². The number of alkyl halides is 1. The predicted molar refractivity (Wildman–Crippen MR) is 160 cm³/mol. The Hall–Kier alpha value is -3.66. The van der Waals surface area contributed by atoms with Gasteiger partial charge in [0.1, 0.15) is 5.82 Å². The van der Waals surface area contributed by atoms with Crippen molar-refractivity contribution in [3.63, 3.8) is 0 Å². The predicted octanol–water partition coefficient (Wildman–Crippen LogP) is 6.36. The monoisotopic (exact) mass is 590 g/mol. The highest BCUT2D eigenvalue weighted by Crippen LogP contribution is 2.42. The van der Waals surface area contributed by atoms with E-state index in [4.69, 9.17) is 4.98 Å². The maximum atomic E-state index is 14.0. The second-order valence-corrected chi connectivity index (χ2v) is 12.4. The molecule has 0 radical (unpaired) electrons.